The first-order valence-corrected chi connectivity index (χ1v) is 11.7. The number of carboxylic acids is 1. The SMILES string of the molecule is Nc1cc(S(=O)(=O)O)cc(N/N=C(\N=Nc2ccc(SOOO)cc2C(=O)O)c2ccccc2)c1O. The van der Waals surface area contributed by atoms with Gasteiger partial charge in [0.2, 0.25) is 5.84 Å². The van der Waals surface area contributed by atoms with Crippen LogP contribution in [0.4, 0.5) is 17.1 Å². The Balaban J connectivity index is 2.01. The van der Waals surface area contributed by atoms with Gasteiger partial charge in [0, 0.05) is 10.5 Å². The molecular formula is C20H17N5O9S2. The van der Waals surface area contributed by atoms with E-state index in [1.807, 2.05) is 0 Å². The van der Waals surface area contributed by atoms with Gasteiger partial charge < -0.3 is 15.9 Å². The lowest BCUT2D eigenvalue weighted by atomic mass is 10.2. The van der Waals surface area contributed by atoms with Crippen molar-refractivity contribution in [3.63, 3.8) is 0 Å². The van der Waals surface area contributed by atoms with E-state index in [4.69, 9.17) is 11.0 Å². The summed E-state index contributed by atoms with van der Waals surface area (Å²) in [6.45, 7) is 0. The van der Waals surface area contributed by atoms with Crippen molar-refractivity contribution < 1.29 is 42.6 Å². The molecule has 36 heavy (non-hydrogen) atoms. The van der Waals surface area contributed by atoms with Gasteiger partial charge in [-0.1, -0.05) is 35.4 Å². The molecule has 0 saturated carbocycles. The molecule has 3 aromatic rings. The minimum Gasteiger partial charge on any atom is -0.504 e. The number of carbonyl (C=O) groups is 1. The Morgan fingerprint density at radius 3 is 2.44 bits per heavy atom. The fraction of sp³-hybridized carbons (Fsp3) is 0. The number of carboxylic acid groups (broad SMARTS) is 1. The number of aromatic hydroxyl groups is 1. The molecule has 0 radical (unpaired) electrons. The predicted molar refractivity (Wildman–Crippen MR) is 128 cm³/mol. The van der Waals surface area contributed by atoms with Gasteiger partial charge in [0.15, 0.2) is 5.75 Å². The third kappa shape index (κ3) is 6.75. The van der Waals surface area contributed by atoms with Gasteiger partial charge >= 0.3 is 5.97 Å². The summed E-state index contributed by atoms with van der Waals surface area (Å²) in [6.07, 6.45) is 0. The molecule has 0 saturated heterocycles. The molecule has 0 atom stereocenters. The summed E-state index contributed by atoms with van der Waals surface area (Å²) >= 11 is 0.557. The number of nitrogen functional groups attached to an aromatic ring is 1. The van der Waals surface area contributed by atoms with Crippen LogP contribution in [0.15, 0.2) is 85.8 Å². The Bertz CT molecular complexity index is 1430. The third-order valence-electron chi connectivity index (χ3n) is 4.34. The van der Waals surface area contributed by atoms with Gasteiger partial charge in [-0.3, -0.25) is 9.98 Å². The number of aromatic carboxylic acids is 1. The highest BCUT2D eigenvalue weighted by atomic mass is 32.2. The van der Waals surface area contributed by atoms with Crippen LogP contribution in [0.5, 0.6) is 5.75 Å². The molecule has 0 spiro atoms. The number of nitrogens with two attached hydrogens (primary N) is 1. The highest BCUT2D eigenvalue weighted by Gasteiger charge is 2.17. The Kier molecular flexibility index (Phi) is 8.54. The van der Waals surface area contributed by atoms with Crippen molar-refractivity contribution in [1.82, 2.24) is 0 Å². The molecule has 188 valence electrons. The van der Waals surface area contributed by atoms with E-state index >= 15 is 0 Å². The smallest absolute Gasteiger partial charge is 0.338 e. The molecule has 0 heterocycles. The zero-order chi connectivity index (χ0) is 26.3. The number of rotatable bonds is 9. The lowest BCUT2D eigenvalue weighted by Crippen LogP contribution is -2.04. The summed E-state index contributed by atoms with van der Waals surface area (Å²) in [7, 11) is -4.63. The molecule has 0 bridgehead atoms. The van der Waals surface area contributed by atoms with Gasteiger partial charge in [-0.05, 0) is 30.3 Å². The molecule has 16 heteroatoms. The summed E-state index contributed by atoms with van der Waals surface area (Å²) < 4.78 is 36.5. The van der Waals surface area contributed by atoms with Crippen molar-refractivity contribution in [3.05, 3.63) is 71.8 Å². The number of azo groups is 1. The lowest BCUT2D eigenvalue weighted by molar-refractivity contribution is -0.432. The number of nitrogens with zero attached hydrogens (tertiary/aromatic N) is 3. The van der Waals surface area contributed by atoms with Crippen LogP contribution >= 0.6 is 12.0 Å². The Labute approximate surface area is 207 Å². The molecule has 3 aromatic carbocycles. The number of nitrogens with one attached hydrogen (secondary N) is 1. The quantitative estimate of drug-likeness (QED) is 0.0264. The largest absolute Gasteiger partial charge is 0.504 e. The van der Waals surface area contributed by atoms with E-state index in [0.717, 1.165) is 12.1 Å². The molecule has 0 aliphatic heterocycles. The molecule has 3 rings (SSSR count). The summed E-state index contributed by atoms with van der Waals surface area (Å²) in [6, 6.07) is 14.0. The van der Waals surface area contributed by atoms with Crippen LogP contribution in [-0.2, 0) is 19.5 Å². The molecular weight excluding hydrogens is 518 g/mol. The number of hydrogen-bond donors (Lipinski definition) is 6. The molecule has 0 aromatic heterocycles. The van der Waals surface area contributed by atoms with Gasteiger partial charge in [-0.2, -0.15) is 13.5 Å². The number of hydrazone groups is 1. The Morgan fingerprint density at radius 1 is 1.08 bits per heavy atom. The average molecular weight is 536 g/mol. The zero-order valence-electron chi connectivity index (χ0n) is 17.8. The van der Waals surface area contributed by atoms with Crippen LogP contribution in [-0.4, -0.2) is 40.2 Å². The van der Waals surface area contributed by atoms with Gasteiger partial charge in [-0.25, -0.2) is 10.1 Å². The normalized spacial score (nSPS) is 12.1. The summed E-state index contributed by atoms with van der Waals surface area (Å²) in [4.78, 5) is 11.4. The van der Waals surface area contributed by atoms with Crippen molar-refractivity contribution in [2.75, 3.05) is 11.2 Å². The lowest BCUT2D eigenvalue weighted by Gasteiger charge is -2.09. The number of anilines is 2. The van der Waals surface area contributed by atoms with Gasteiger partial charge in [-0.15, -0.1) is 14.6 Å². The first-order valence-electron chi connectivity index (χ1n) is 9.53. The summed E-state index contributed by atoms with van der Waals surface area (Å²) in [5, 5.41) is 43.4. The third-order valence-corrected chi connectivity index (χ3v) is 5.74. The van der Waals surface area contributed by atoms with Gasteiger partial charge in [0.25, 0.3) is 10.1 Å². The Hall–Kier alpha value is -4.06. The second-order valence-corrected chi connectivity index (χ2v) is 8.90. The van der Waals surface area contributed by atoms with E-state index in [1.54, 1.807) is 30.3 Å². The first kappa shape index (κ1) is 26.5. The highest BCUT2D eigenvalue weighted by Crippen LogP contribution is 2.33. The number of phenolic OH excluding ortho intramolecular Hbond substituents is 1. The maximum Gasteiger partial charge on any atom is 0.338 e. The summed E-state index contributed by atoms with van der Waals surface area (Å²) in [5.74, 6) is -1.95. The van der Waals surface area contributed by atoms with Crippen molar-refractivity contribution in [1.29, 1.82) is 0 Å². The molecule has 0 fully saturated rings. The van der Waals surface area contributed by atoms with Crippen molar-refractivity contribution in [2.45, 2.75) is 9.79 Å². The van der Waals surface area contributed by atoms with Crippen LogP contribution in [0.25, 0.3) is 0 Å². The second kappa shape index (κ2) is 11.6. The molecule has 0 aliphatic carbocycles. The van der Waals surface area contributed by atoms with E-state index < -0.39 is 26.7 Å². The fourth-order valence-electron chi connectivity index (χ4n) is 2.69. The van der Waals surface area contributed by atoms with E-state index in [2.05, 4.69) is 30.1 Å². The topological polar surface area (TPSA) is 226 Å². The monoisotopic (exact) mass is 535 g/mol. The minimum atomic E-state index is -4.63. The molecule has 7 N–H and O–H groups in total. The van der Waals surface area contributed by atoms with E-state index in [1.165, 1.54) is 18.2 Å². The summed E-state index contributed by atoms with van der Waals surface area (Å²) in [5.41, 5.74) is 7.55. The van der Waals surface area contributed by atoms with Crippen molar-refractivity contribution in [2.24, 2.45) is 15.3 Å². The van der Waals surface area contributed by atoms with E-state index in [-0.39, 0.29) is 33.4 Å². The number of amidine groups is 1. The zero-order valence-corrected chi connectivity index (χ0v) is 19.5. The standard InChI is InChI=1S/C20H17N5O9S2/c21-15-9-13(36(30,31)32)10-17(18(15)26)23-25-19(11-4-2-1-3-5-11)24-22-16-7-6-12(35-34-33-29)8-14(16)20(27)28/h1-10,23,26,29H,21H2,(H,27,28)(H,30,31,32)/b24-22?,25-19-. The number of phenols is 1. The molecule has 0 aliphatic rings. The van der Waals surface area contributed by atoms with E-state index in [0.29, 0.717) is 17.6 Å². The van der Waals surface area contributed by atoms with Crippen LogP contribution in [0, 0.1) is 0 Å². The number of hydrogen-bond acceptors (Lipinski definition) is 12. The first-order chi connectivity index (χ1) is 17.1. The second-order valence-electron chi connectivity index (χ2n) is 6.71. The van der Waals surface area contributed by atoms with Crippen LogP contribution in [0.1, 0.15) is 15.9 Å². The van der Waals surface area contributed by atoms with Crippen LogP contribution in [0.2, 0.25) is 0 Å². The predicted octanol–water partition coefficient (Wildman–Crippen LogP) is 3.91. The number of benzene rings is 3. The van der Waals surface area contributed by atoms with Crippen LogP contribution < -0.4 is 11.2 Å². The molecule has 14 nitrogen and oxygen atoms in total. The van der Waals surface area contributed by atoms with Gasteiger partial charge in [0.05, 0.1) is 28.2 Å². The van der Waals surface area contributed by atoms with Crippen molar-refractivity contribution in [3.8, 4) is 5.75 Å². The van der Waals surface area contributed by atoms with E-state index in [9.17, 15) is 28.0 Å². The highest BCUT2D eigenvalue weighted by molar-refractivity contribution is 7.94. The maximum atomic E-state index is 11.7. The Morgan fingerprint density at radius 2 is 1.81 bits per heavy atom. The molecule has 0 unspecified atom stereocenters. The molecule has 0 amide bonds. The minimum absolute atomic E-state index is 0.0548. The van der Waals surface area contributed by atoms with Crippen LogP contribution in [0.3, 0.4) is 0 Å². The maximum absolute atomic E-state index is 11.7. The van der Waals surface area contributed by atoms with Gasteiger partial charge in [0.1, 0.15) is 11.4 Å². The fourth-order valence-corrected chi connectivity index (χ4v) is 3.63. The average Bonchev–Trinajstić information content (AvgIpc) is 2.85. The van der Waals surface area contributed by atoms with Crippen molar-refractivity contribution >= 4 is 51.0 Å².